The quantitative estimate of drug-likeness (QED) is 0.565. The van der Waals surface area contributed by atoms with Crippen LogP contribution < -0.4 is 10.6 Å². The van der Waals surface area contributed by atoms with Gasteiger partial charge in [0.2, 0.25) is 0 Å². The van der Waals surface area contributed by atoms with Gasteiger partial charge in [0.25, 0.3) is 0 Å². The van der Waals surface area contributed by atoms with Gasteiger partial charge in [-0.25, -0.2) is 4.98 Å². The molecule has 3 aliphatic heterocycles. The molecule has 2 atom stereocenters. The van der Waals surface area contributed by atoms with E-state index >= 15 is 0 Å². The van der Waals surface area contributed by atoms with Crippen LogP contribution >= 0.6 is 0 Å². The number of piperazine rings is 1. The van der Waals surface area contributed by atoms with Crippen molar-refractivity contribution in [3.63, 3.8) is 0 Å². The zero-order valence-electron chi connectivity index (χ0n) is 16.1. The van der Waals surface area contributed by atoms with Crippen LogP contribution in [0.1, 0.15) is 12.1 Å². The van der Waals surface area contributed by atoms with Gasteiger partial charge < -0.3 is 10.6 Å². The van der Waals surface area contributed by atoms with Crippen LogP contribution in [0.15, 0.2) is 55.1 Å². The normalized spacial score (nSPS) is 23.1. The molecule has 7 heteroatoms. The van der Waals surface area contributed by atoms with E-state index in [1.54, 1.807) is 4.68 Å². The summed E-state index contributed by atoms with van der Waals surface area (Å²) in [7, 11) is 1.91. The number of hydrogen-bond acceptors (Lipinski definition) is 6. The summed E-state index contributed by atoms with van der Waals surface area (Å²) in [4.78, 5) is 14.3. The maximum Gasteiger partial charge on any atom is 0.0819 e. The van der Waals surface area contributed by atoms with Crippen molar-refractivity contribution in [2.24, 2.45) is 7.05 Å². The molecule has 0 aliphatic carbocycles. The summed E-state index contributed by atoms with van der Waals surface area (Å²) < 4.78 is 1.78. The molecule has 3 saturated heterocycles. The van der Waals surface area contributed by atoms with Gasteiger partial charge in [-0.2, -0.15) is 5.10 Å². The second-order valence-electron chi connectivity index (χ2n) is 8.02. The Hall–Kier alpha value is -3.16. The Bertz CT molecular complexity index is 1200. The van der Waals surface area contributed by atoms with Gasteiger partial charge in [0.1, 0.15) is 0 Å². The summed E-state index contributed by atoms with van der Waals surface area (Å²) in [5, 5.41) is 12.5. The predicted molar refractivity (Wildman–Crippen MR) is 111 cm³/mol. The molecule has 7 nitrogen and oxygen atoms in total. The monoisotopic (exact) mass is 383 g/mol. The summed E-state index contributed by atoms with van der Waals surface area (Å²) in [6, 6.07) is 10.9. The van der Waals surface area contributed by atoms with Crippen LogP contribution in [-0.4, -0.2) is 43.9 Å². The molecular formula is C22H21N7. The van der Waals surface area contributed by atoms with Gasteiger partial charge in [0, 0.05) is 61.3 Å². The van der Waals surface area contributed by atoms with Crippen LogP contribution in [0.2, 0.25) is 0 Å². The third kappa shape index (κ3) is 2.66. The molecule has 2 unspecified atom stereocenters. The molecule has 0 amide bonds. The van der Waals surface area contributed by atoms with Crippen molar-refractivity contribution in [3.05, 3.63) is 60.8 Å². The summed E-state index contributed by atoms with van der Waals surface area (Å²) in [5.74, 6) is 0. The first kappa shape index (κ1) is 16.8. The molecule has 7 rings (SSSR count). The standard InChI is InChI=1S/C22H21N7/c1-29-12-15(10-26-29)18-7-19-17(3-2-6-24-19)21(27-18)14-4-5-20(25-9-14)22-8-16(28-22)11-23-13-22/h2-7,9-10,12,16,23,28H,8,11,13H2,1H3. The van der Waals surface area contributed by atoms with E-state index in [4.69, 9.17) is 9.97 Å². The summed E-state index contributed by atoms with van der Waals surface area (Å²) in [5.41, 5.74) is 5.72. The Morgan fingerprint density at radius 2 is 2.07 bits per heavy atom. The number of pyridine rings is 3. The van der Waals surface area contributed by atoms with E-state index in [0.29, 0.717) is 6.04 Å². The Morgan fingerprint density at radius 3 is 2.79 bits per heavy atom. The van der Waals surface area contributed by atoms with E-state index in [9.17, 15) is 0 Å². The van der Waals surface area contributed by atoms with Crippen LogP contribution in [0.3, 0.4) is 0 Å². The van der Waals surface area contributed by atoms with E-state index in [1.165, 1.54) is 0 Å². The highest BCUT2D eigenvalue weighted by atomic mass is 15.2. The summed E-state index contributed by atoms with van der Waals surface area (Å²) in [6.07, 6.45) is 8.70. The molecule has 29 heavy (non-hydrogen) atoms. The zero-order valence-corrected chi connectivity index (χ0v) is 16.1. The van der Waals surface area contributed by atoms with Gasteiger partial charge in [-0.05, 0) is 36.8 Å². The first-order valence-corrected chi connectivity index (χ1v) is 9.90. The molecule has 2 bridgehead atoms. The van der Waals surface area contributed by atoms with Gasteiger partial charge in [-0.3, -0.25) is 14.6 Å². The number of nitrogens with one attached hydrogen (secondary N) is 2. The first-order chi connectivity index (χ1) is 14.2. The van der Waals surface area contributed by atoms with E-state index in [2.05, 4.69) is 38.9 Å². The van der Waals surface area contributed by atoms with Gasteiger partial charge in [0.15, 0.2) is 0 Å². The molecule has 4 aromatic rings. The largest absolute Gasteiger partial charge is 0.313 e. The lowest BCUT2D eigenvalue weighted by Gasteiger charge is -2.53. The molecule has 7 heterocycles. The molecular weight excluding hydrogens is 362 g/mol. The average molecular weight is 383 g/mol. The van der Waals surface area contributed by atoms with Crippen molar-refractivity contribution in [1.29, 1.82) is 0 Å². The van der Waals surface area contributed by atoms with Crippen LogP contribution in [0.25, 0.3) is 33.4 Å². The van der Waals surface area contributed by atoms with Gasteiger partial charge in [-0.15, -0.1) is 0 Å². The number of hydrogen-bond donors (Lipinski definition) is 2. The lowest BCUT2D eigenvalue weighted by atomic mass is 9.75. The number of fused-ring (bicyclic) bond motifs is 3. The molecule has 4 aromatic heterocycles. The van der Waals surface area contributed by atoms with Crippen molar-refractivity contribution in [3.8, 4) is 22.5 Å². The van der Waals surface area contributed by atoms with Crippen LogP contribution in [0, 0.1) is 0 Å². The molecule has 3 fully saturated rings. The van der Waals surface area contributed by atoms with Crippen LogP contribution in [0.4, 0.5) is 0 Å². The smallest absolute Gasteiger partial charge is 0.0819 e. The van der Waals surface area contributed by atoms with Crippen molar-refractivity contribution in [2.45, 2.75) is 18.0 Å². The van der Waals surface area contributed by atoms with Crippen molar-refractivity contribution < 1.29 is 0 Å². The number of aromatic nitrogens is 5. The average Bonchev–Trinajstić information content (AvgIpc) is 3.19. The molecule has 144 valence electrons. The van der Waals surface area contributed by atoms with Gasteiger partial charge in [0.05, 0.1) is 34.3 Å². The predicted octanol–water partition coefficient (Wildman–Crippen LogP) is 2.25. The van der Waals surface area contributed by atoms with Gasteiger partial charge >= 0.3 is 0 Å². The van der Waals surface area contributed by atoms with E-state index in [1.807, 2.05) is 44.0 Å². The third-order valence-corrected chi connectivity index (χ3v) is 6.02. The van der Waals surface area contributed by atoms with Crippen LogP contribution in [0.5, 0.6) is 0 Å². The highest BCUT2D eigenvalue weighted by Gasteiger charge is 2.48. The third-order valence-electron chi connectivity index (χ3n) is 6.02. The minimum absolute atomic E-state index is 0.0178. The second kappa shape index (κ2) is 6.17. The number of nitrogens with zero attached hydrogens (tertiary/aromatic N) is 5. The zero-order chi connectivity index (χ0) is 19.4. The lowest BCUT2D eigenvalue weighted by Crippen LogP contribution is -2.72. The Morgan fingerprint density at radius 1 is 1.14 bits per heavy atom. The SMILES string of the molecule is Cn1cc(-c2cc3ncccc3c(-c3ccc(C45CNCC(C4)N5)nc3)n2)cn1. The first-order valence-electron chi connectivity index (χ1n) is 9.90. The highest BCUT2D eigenvalue weighted by Crippen LogP contribution is 2.37. The fourth-order valence-corrected chi connectivity index (χ4v) is 4.58. The molecule has 3 aliphatic rings. The van der Waals surface area contributed by atoms with E-state index in [-0.39, 0.29) is 5.54 Å². The van der Waals surface area contributed by atoms with Crippen LogP contribution in [-0.2, 0) is 12.6 Å². The maximum absolute atomic E-state index is 4.96. The number of piperidine rings is 1. The Balaban J connectivity index is 1.45. The Kier molecular flexibility index (Phi) is 3.57. The van der Waals surface area contributed by atoms with Crippen molar-refractivity contribution >= 4 is 10.9 Å². The minimum atomic E-state index is -0.0178. The number of rotatable bonds is 3. The minimum Gasteiger partial charge on any atom is -0.313 e. The molecule has 0 saturated carbocycles. The second-order valence-corrected chi connectivity index (χ2v) is 8.02. The summed E-state index contributed by atoms with van der Waals surface area (Å²) in [6.45, 7) is 1.97. The van der Waals surface area contributed by atoms with E-state index in [0.717, 1.165) is 58.6 Å². The molecule has 0 spiro atoms. The maximum atomic E-state index is 4.96. The molecule has 0 radical (unpaired) electrons. The number of aryl methyl sites for hydroxylation is 1. The fourth-order valence-electron chi connectivity index (χ4n) is 4.58. The highest BCUT2D eigenvalue weighted by molar-refractivity contribution is 5.94. The fraction of sp³-hybridized carbons (Fsp3) is 0.273. The lowest BCUT2D eigenvalue weighted by molar-refractivity contribution is 0.0831. The molecule has 0 aromatic carbocycles. The van der Waals surface area contributed by atoms with Gasteiger partial charge in [-0.1, -0.05) is 0 Å². The Labute approximate surface area is 168 Å². The van der Waals surface area contributed by atoms with E-state index < -0.39 is 0 Å². The summed E-state index contributed by atoms with van der Waals surface area (Å²) >= 11 is 0. The van der Waals surface area contributed by atoms with Crippen molar-refractivity contribution in [1.82, 2.24) is 35.4 Å². The topological polar surface area (TPSA) is 80.5 Å². The van der Waals surface area contributed by atoms with Crippen molar-refractivity contribution in [2.75, 3.05) is 13.1 Å². The molecule has 2 N–H and O–H groups in total.